The van der Waals surface area contributed by atoms with Crippen molar-refractivity contribution in [2.45, 2.75) is 23.6 Å². The molecule has 0 fully saturated rings. The van der Waals surface area contributed by atoms with Gasteiger partial charge in [0.05, 0.1) is 16.9 Å². The first-order valence-corrected chi connectivity index (χ1v) is 12.3. The van der Waals surface area contributed by atoms with Gasteiger partial charge < -0.3 is 14.7 Å². The van der Waals surface area contributed by atoms with Gasteiger partial charge >= 0.3 is 29.6 Å². The Bertz CT molecular complexity index is 1300. The summed E-state index contributed by atoms with van der Waals surface area (Å²) >= 11 is 0.514. The van der Waals surface area contributed by atoms with Gasteiger partial charge in [-0.05, 0) is 59.7 Å². The van der Waals surface area contributed by atoms with Gasteiger partial charge in [0.2, 0.25) is 0 Å². The van der Waals surface area contributed by atoms with Crippen molar-refractivity contribution in [1.82, 2.24) is 0 Å². The molecule has 3 aromatic carbocycles. The van der Waals surface area contributed by atoms with Crippen molar-refractivity contribution in [3.8, 4) is 0 Å². The average Bonchev–Trinajstić information content (AvgIpc) is 2.80. The summed E-state index contributed by atoms with van der Waals surface area (Å²) in [7, 11) is -4.86. The fourth-order valence-electron chi connectivity index (χ4n) is 3.60. The first kappa shape index (κ1) is 28.6. The van der Waals surface area contributed by atoms with Crippen LogP contribution in [0.3, 0.4) is 0 Å². The quantitative estimate of drug-likeness (QED) is 0.123. The summed E-state index contributed by atoms with van der Waals surface area (Å²) in [6.07, 6.45) is 0. The molecule has 0 bridgehead atoms. The predicted molar refractivity (Wildman–Crippen MR) is 125 cm³/mol. The Labute approximate surface area is 225 Å². The molecule has 34 heavy (non-hydrogen) atoms. The minimum atomic E-state index is -4.86. The summed E-state index contributed by atoms with van der Waals surface area (Å²) in [5.74, 6) is 0. The second kappa shape index (κ2) is 12.9. The van der Waals surface area contributed by atoms with Gasteiger partial charge in [-0.25, -0.2) is 8.42 Å². The van der Waals surface area contributed by atoms with Crippen LogP contribution in [0.15, 0.2) is 76.5 Å². The van der Waals surface area contributed by atoms with Crippen molar-refractivity contribution in [2.24, 2.45) is 0 Å². The zero-order chi connectivity index (χ0) is 24.0. The fraction of sp³-hybridized carbons (Fsp3) is 0.167. The molecule has 0 unspecified atom stereocenters. The normalized spacial score (nSPS) is 11.1. The maximum absolute atomic E-state index is 12.2. The predicted octanol–water partition coefficient (Wildman–Crippen LogP) is -0.671. The third kappa shape index (κ3) is 6.94. The van der Waals surface area contributed by atoms with Crippen molar-refractivity contribution >= 4 is 40.0 Å². The van der Waals surface area contributed by atoms with Gasteiger partial charge in [-0.15, -0.1) is 0 Å². The van der Waals surface area contributed by atoms with E-state index in [-0.39, 0.29) is 40.0 Å². The first-order valence-electron chi connectivity index (χ1n) is 10.2. The van der Waals surface area contributed by atoms with Crippen LogP contribution in [-0.2, 0) is 19.5 Å². The van der Waals surface area contributed by atoms with Crippen LogP contribution in [0.25, 0.3) is 12.2 Å². The Hall–Kier alpha value is -1.66. The Morgan fingerprint density at radius 1 is 1.00 bits per heavy atom. The van der Waals surface area contributed by atoms with Crippen LogP contribution in [0, 0.1) is 0 Å². The maximum Gasteiger partial charge on any atom is 1.00 e. The zero-order valence-corrected chi connectivity index (χ0v) is 22.8. The van der Waals surface area contributed by atoms with Gasteiger partial charge in [0, 0.05) is 29.2 Å². The standard InChI is InChI=1S/C24H25NO6S2.Na/c1-4-25(5-2)20-12-10-19(11-13-20)24(18-8-6-17(3)7-9-18)22-15-14-21(32-31-30-26)16-23(22)33(27,28)29;/h6-16,26H,3-5H2,1-2H3,(H,27,28,29);/q;+1/p-2. The van der Waals surface area contributed by atoms with Crippen molar-refractivity contribution < 1.29 is 57.2 Å². The molecule has 0 atom stereocenters. The second-order valence-electron chi connectivity index (χ2n) is 7.12. The number of rotatable bonds is 9. The largest absolute Gasteiger partial charge is 1.00 e. The van der Waals surface area contributed by atoms with E-state index in [2.05, 4.69) is 34.7 Å². The Morgan fingerprint density at radius 2 is 1.62 bits per heavy atom. The topological polar surface area (TPSA) is 102 Å². The molecule has 0 aliphatic heterocycles. The third-order valence-corrected chi connectivity index (χ3v) is 6.62. The molecule has 0 aliphatic carbocycles. The average molecular weight is 509 g/mol. The summed E-state index contributed by atoms with van der Waals surface area (Å²) < 4.78 is 40.9. The minimum Gasteiger partial charge on any atom is -0.744 e. The van der Waals surface area contributed by atoms with Crippen molar-refractivity contribution in [3.63, 3.8) is 0 Å². The van der Waals surface area contributed by atoms with Crippen molar-refractivity contribution in [1.29, 1.82) is 0 Å². The Balaban J connectivity index is 0.00000408. The Morgan fingerprint density at radius 3 is 2.15 bits per heavy atom. The summed E-state index contributed by atoms with van der Waals surface area (Å²) in [6, 6.07) is 19.3. The van der Waals surface area contributed by atoms with Crippen LogP contribution in [0.2, 0.25) is 0 Å². The van der Waals surface area contributed by atoms with Gasteiger partial charge in [0.15, 0.2) is 0 Å². The van der Waals surface area contributed by atoms with E-state index < -0.39 is 15.0 Å². The van der Waals surface area contributed by atoms with Gasteiger partial charge in [0.25, 0.3) is 0 Å². The summed E-state index contributed by atoms with van der Waals surface area (Å²) in [5.41, 5.74) is 2.60. The number of hydrogen-bond acceptors (Lipinski definition) is 8. The van der Waals surface area contributed by atoms with Crippen LogP contribution in [-0.4, -0.2) is 26.1 Å². The minimum absolute atomic E-state index is 0. The van der Waals surface area contributed by atoms with E-state index in [9.17, 15) is 18.2 Å². The van der Waals surface area contributed by atoms with E-state index in [4.69, 9.17) is 0 Å². The SMILES string of the molecule is C=c1ccc(=C(c2ccc(N(CC)CC)cc2)c2ccc(SOO[O-])cc2S(=O)(=O)[O-])cc1.[Na+]. The summed E-state index contributed by atoms with van der Waals surface area (Å²) in [5, 5.41) is 15.0. The molecule has 0 saturated heterocycles. The molecule has 0 aromatic heterocycles. The maximum atomic E-state index is 12.2. The van der Waals surface area contributed by atoms with Crippen molar-refractivity contribution in [3.05, 3.63) is 88.3 Å². The summed E-state index contributed by atoms with van der Waals surface area (Å²) in [4.78, 5) is 2.00. The first-order chi connectivity index (χ1) is 15.8. The molecule has 10 heteroatoms. The molecule has 0 spiro atoms. The molecule has 174 valence electrons. The molecule has 0 N–H and O–H groups in total. The van der Waals surface area contributed by atoms with Crippen LogP contribution in [0.4, 0.5) is 5.69 Å². The molecule has 3 aromatic rings. The van der Waals surface area contributed by atoms with Crippen LogP contribution in [0.5, 0.6) is 0 Å². The van der Waals surface area contributed by atoms with E-state index in [0.29, 0.717) is 17.6 Å². The fourth-order valence-corrected chi connectivity index (χ4v) is 4.78. The number of anilines is 1. The van der Waals surface area contributed by atoms with Gasteiger partial charge in [-0.3, -0.25) is 5.04 Å². The van der Waals surface area contributed by atoms with Gasteiger partial charge in [0.1, 0.15) is 10.1 Å². The molecule has 3 rings (SSSR count). The molecular weight excluding hydrogens is 485 g/mol. The van der Waals surface area contributed by atoms with E-state index >= 15 is 0 Å². The molecule has 0 aliphatic rings. The third-order valence-electron chi connectivity index (χ3n) is 5.18. The van der Waals surface area contributed by atoms with Gasteiger partial charge in [-0.1, -0.05) is 49.0 Å². The number of nitrogens with zero attached hydrogens (tertiary/aromatic N) is 1. The Kier molecular flexibility index (Phi) is 10.8. The van der Waals surface area contributed by atoms with E-state index in [1.165, 1.54) is 12.1 Å². The van der Waals surface area contributed by atoms with E-state index in [0.717, 1.165) is 34.8 Å². The second-order valence-corrected chi connectivity index (χ2v) is 9.24. The van der Waals surface area contributed by atoms with E-state index in [1.54, 1.807) is 6.07 Å². The van der Waals surface area contributed by atoms with Crippen LogP contribution in [0.1, 0.15) is 25.0 Å². The molecule has 0 heterocycles. The zero-order valence-electron chi connectivity index (χ0n) is 19.2. The van der Waals surface area contributed by atoms with Gasteiger partial charge in [-0.2, -0.15) is 4.33 Å². The number of benzene rings is 3. The smallest absolute Gasteiger partial charge is 0.744 e. The monoisotopic (exact) mass is 508 g/mol. The molecule has 7 nitrogen and oxygen atoms in total. The van der Waals surface area contributed by atoms with Crippen LogP contribution >= 0.6 is 12.0 Å². The molecule has 0 amide bonds. The molecule has 0 saturated carbocycles. The van der Waals surface area contributed by atoms with E-state index in [1.807, 2.05) is 48.5 Å². The molecular formula is C24H23NNaO6S2-. The van der Waals surface area contributed by atoms with Crippen LogP contribution < -0.4 is 50.2 Å². The molecule has 0 radical (unpaired) electrons. The number of hydrogen-bond donors (Lipinski definition) is 0. The van der Waals surface area contributed by atoms with Crippen molar-refractivity contribution in [2.75, 3.05) is 18.0 Å². The summed E-state index contributed by atoms with van der Waals surface area (Å²) in [6.45, 7) is 9.74.